The third-order valence-electron chi connectivity index (χ3n) is 5.06. The first-order valence-corrected chi connectivity index (χ1v) is 11.5. The van der Waals surface area contributed by atoms with Gasteiger partial charge in [-0.1, -0.05) is 6.07 Å². The van der Waals surface area contributed by atoms with Gasteiger partial charge in [0.15, 0.2) is 0 Å². The summed E-state index contributed by atoms with van der Waals surface area (Å²) in [6, 6.07) is 13.3. The van der Waals surface area contributed by atoms with Crippen LogP contribution in [0.1, 0.15) is 21.5 Å². The number of aromatic nitrogens is 3. The van der Waals surface area contributed by atoms with Crippen LogP contribution in [0.3, 0.4) is 0 Å². The maximum atomic E-state index is 13.2. The molecule has 178 valence electrons. The number of benzene rings is 2. The smallest absolute Gasteiger partial charge is 0.416 e. The van der Waals surface area contributed by atoms with E-state index in [1.807, 2.05) is 6.92 Å². The second kappa shape index (κ2) is 10.1. The lowest BCUT2D eigenvalue weighted by Gasteiger charge is -2.15. The normalized spacial score (nSPS) is 11.2. The van der Waals surface area contributed by atoms with Crippen molar-refractivity contribution in [2.45, 2.75) is 18.0 Å². The van der Waals surface area contributed by atoms with Gasteiger partial charge in [-0.15, -0.1) is 11.8 Å². The monoisotopic (exact) mass is 496 g/mol. The van der Waals surface area contributed by atoms with E-state index in [4.69, 9.17) is 4.74 Å². The number of thioether (sulfide) groups is 1. The molecule has 2 heterocycles. The van der Waals surface area contributed by atoms with E-state index in [0.717, 1.165) is 17.7 Å². The second-order valence-corrected chi connectivity index (χ2v) is 8.25. The summed E-state index contributed by atoms with van der Waals surface area (Å²) in [5.41, 5.74) is 1.45. The van der Waals surface area contributed by atoms with E-state index < -0.39 is 17.6 Å². The highest BCUT2D eigenvalue weighted by Gasteiger charge is 2.31. The number of carbonyl (C=O) groups excluding carboxylic acids is 1. The lowest BCUT2D eigenvalue weighted by molar-refractivity contribution is -0.137. The highest BCUT2D eigenvalue weighted by Crippen LogP contribution is 2.36. The average molecular weight is 497 g/mol. The van der Waals surface area contributed by atoms with E-state index in [-0.39, 0.29) is 17.1 Å². The number of ether oxygens (including phenoxy) is 1. The summed E-state index contributed by atoms with van der Waals surface area (Å²) >= 11 is 1.23. The van der Waals surface area contributed by atoms with Gasteiger partial charge in [-0.25, -0.2) is 15.0 Å². The lowest BCUT2D eigenvalue weighted by atomic mass is 10.1. The Morgan fingerprint density at radius 2 is 1.86 bits per heavy atom. The molecule has 2 aromatic carbocycles. The fraction of sp³-hybridized carbons (Fsp3) is 0.120. The quantitative estimate of drug-likeness (QED) is 0.302. The molecule has 0 saturated carbocycles. The fourth-order valence-corrected chi connectivity index (χ4v) is 3.78. The van der Waals surface area contributed by atoms with Crippen LogP contribution in [0, 0.1) is 6.92 Å². The molecule has 1 amide bonds. The van der Waals surface area contributed by atoms with Crippen LogP contribution in [0.5, 0.6) is 11.6 Å². The van der Waals surface area contributed by atoms with E-state index in [0.29, 0.717) is 21.9 Å². The number of hydrogen-bond donors (Lipinski definition) is 1. The van der Waals surface area contributed by atoms with Crippen molar-refractivity contribution in [1.29, 1.82) is 0 Å². The minimum absolute atomic E-state index is 0.0798. The highest BCUT2D eigenvalue weighted by atomic mass is 32.2. The molecule has 0 aliphatic carbocycles. The topological polar surface area (TPSA) is 77.0 Å². The zero-order chi connectivity index (χ0) is 25.0. The molecule has 4 rings (SSSR count). The molecular weight excluding hydrogens is 477 g/mol. The van der Waals surface area contributed by atoms with Gasteiger partial charge < -0.3 is 10.1 Å². The SMILES string of the molecule is CSc1ccc(C(F)(F)F)cc1NC(=O)c1ccc(C)c(Oc2ncccc2-c2ccncn2)c1. The van der Waals surface area contributed by atoms with E-state index >= 15 is 0 Å². The number of nitrogens with zero attached hydrogens (tertiary/aromatic N) is 3. The molecule has 0 unspecified atom stereocenters. The number of pyridine rings is 1. The molecule has 6 nitrogen and oxygen atoms in total. The zero-order valence-electron chi connectivity index (χ0n) is 18.6. The van der Waals surface area contributed by atoms with Crippen LogP contribution in [0.15, 0.2) is 78.2 Å². The van der Waals surface area contributed by atoms with Crippen molar-refractivity contribution in [1.82, 2.24) is 15.0 Å². The lowest BCUT2D eigenvalue weighted by Crippen LogP contribution is -2.14. The van der Waals surface area contributed by atoms with E-state index in [9.17, 15) is 18.0 Å². The summed E-state index contributed by atoms with van der Waals surface area (Å²) < 4.78 is 45.6. The van der Waals surface area contributed by atoms with Gasteiger partial charge in [0, 0.05) is 22.9 Å². The van der Waals surface area contributed by atoms with Crippen LogP contribution in [-0.4, -0.2) is 27.1 Å². The number of carbonyl (C=O) groups is 1. The molecule has 0 aliphatic heterocycles. The Kier molecular flexibility index (Phi) is 7.02. The standard InChI is InChI=1S/C25H19F3N4O2S/c1-15-5-6-16(23(33)32-20-13-17(25(26,27)28)7-8-22(20)35-2)12-21(15)34-24-18(4-3-10-30-24)19-9-11-29-14-31-19/h3-14H,1-2H3,(H,32,33). The molecule has 4 aromatic rings. The Balaban J connectivity index is 1.63. The van der Waals surface area contributed by atoms with Crippen LogP contribution in [-0.2, 0) is 6.18 Å². The van der Waals surface area contributed by atoms with E-state index in [1.54, 1.807) is 49.0 Å². The molecule has 0 fully saturated rings. The van der Waals surface area contributed by atoms with E-state index in [2.05, 4.69) is 20.3 Å². The first kappa shape index (κ1) is 24.2. The molecule has 10 heteroatoms. The summed E-state index contributed by atoms with van der Waals surface area (Å²) in [6.07, 6.45) is 1.79. The number of aryl methyl sites for hydroxylation is 1. The van der Waals surface area contributed by atoms with Crippen molar-refractivity contribution in [2.24, 2.45) is 0 Å². The third kappa shape index (κ3) is 5.60. The number of anilines is 1. The van der Waals surface area contributed by atoms with Gasteiger partial charge in [-0.3, -0.25) is 4.79 Å². The minimum Gasteiger partial charge on any atom is -0.438 e. The maximum absolute atomic E-state index is 13.2. The van der Waals surface area contributed by atoms with Gasteiger partial charge in [0.1, 0.15) is 12.1 Å². The van der Waals surface area contributed by atoms with E-state index in [1.165, 1.54) is 30.2 Å². The van der Waals surface area contributed by atoms with Gasteiger partial charge in [0.2, 0.25) is 5.88 Å². The number of amides is 1. The number of rotatable bonds is 6. The summed E-state index contributed by atoms with van der Waals surface area (Å²) in [7, 11) is 0. The van der Waals surface area contributed by atoms with Crippen molar-refractivity contribution < 1.29 is 22.7 Å². The third-order valence-corrected chi connectivity index (χ3v) is 5.86. The summed E-state index contributed by atoms with van der Waals surface area (Å²) in [5.74, 6) is 0.0942. The number of nitrogens with one attached hydrogen (secondary N) is 1. The average Bonchev–Trinajstić information content (AvgIpc) is 2.85. The zero-order valence-corrected chi connectivity index (χ0v) is 19.4. The molecule has 0 aliphatic rings. The molecule has 2 aromatic heterocycles. The second-order valence-electron chi connectivity index (χ2n) is 7.40. The molecular formula is C25H19F3N4O2S. The molecule has 0 bridgehead atoms. The predicted octanol–water partition coefficient (Wildman–Crippen LogP) is 6.63. The Hall–Kier alpha value is -3.92. The van der Waals surface area contributed by atoms with Gasteiger partial charge in [0.25, 0.3) is 5.91 Å². The fourth-order valence-electron chi connectivity index (χ4n) is 3.25. The Morgan fingerprint density at radius 1 is 1.03 bits per heavy atom. The molecule has 0 radical (unpaired) electrons. The van der Waals surface area contributed by atoms with Crippen LogP contribution in [0.4, 0.5) is 18.9 Å². The summed E-state index contributed by atoms with van der Waals surface area (Å²) in [5, 5.41) is 2.59. The van der Waals surface area contributed by atoms with Crippen LogP contribution in [0.2, 0.25) is 0 Å². The van der Waals surface area contributed by atoms with Crippen molar-refractivity contribution in [3.05, 3.63) is 90.0 Å². The summed E-state index contributed by atoms with van der Waals surface area (Å²) in [6.45, 7) is 1.81. The van der Waals surface area contributed by atoms with Crippen molar-refractivity contribution in [3.8, 4) is 22.9 Å². The number of halogens is 3. The van der Waals surface area contributed by atoms with Crippen LogP contribution >= 0.6 is 11.8 Å². The minimum atomic E-state index is -4.52. The summed E-state index contributed by atoms with van der Waals surface area (Å²) in [4.78, 5) is 25.9. The highest BCUT2D eigenvalue weighted by molar-refractivity contribution is 7.98. The first-order valence-electron chi connectivity index (χ1n) is 10.3. The van der Waals surface area contributed by atoms with Gasteiger partial charge in [-0.2, -0.15) is 13.2 Å². The molecule has 0 saturated heterocycles. The van der Waals surface area contributed by atoms with Crippen LogP contribution in [0.25, 0.3) is 11.3 Å². The van der Waals surface area contributed by atoms with Crippen molar-refractivity contribution >= 4 is 23.4 Å². The maximum Gasteiger partial charge on any atom is 0.416 e. The van der Waals surface area contributed by atoms with Gasteiger partial charge in [0.05, 0.1) is 22.5 Å². The molecule has 35 heavy (non-hydrogen) atoms. The predicted molar refractivity (Wildman–Crippen MR) is 128 cm³/mol. The van der Waals surface area contributed by atoms with Crippen molar-refractivity contribution in [2.75, 3.05) is 11.6 Å². The Morgan fingerprint density at radius 3 is 2.57 bits per heavy atom. The number of hydrogen-bond acceptors (Lipinski definition) is 6. The van der Waals surface area contributed by atoms with Gasteiger partial charge in [-0.05, 0) is 67.3 Å². The largest absolute Gasteiger partial charge is 0.438 e. The van der Waals surface area contributed by atoms with Crippen LogP contribution < -0.4 is 10.1 Å². The molecule has 0 atom stereocenters. The molecule has 1 N–H and O–H groups in total. The Labute approximate surface area is 203 Å². The van der Waals surface area contributed by atoms with Gasteiger partial charge >= 0.3 is 6.18 Å². The Bertz CT molecular complexity index is 1360. The first-order chi connectivity index (χ1) is 16.8. The number of alkyl halides is 3. The molecule has 0 spiro atoms. The van der Waals surface area contributed by atoms with Crippen molar-refractivity contribution in [3.63, 3.8) is 0 Å².